The summed E-state index contributed by atoms with van der Waals surface area (Å²) in [5.41, 5.74) is 0. The molecule has 0 unspecified atom stereocenters. The van der Waals surface area contributed by atoms with Gasteiger partial charge in [-0.2, -0.15) is 0 Å². The molecule has 20 heavy (non-hydrogen) atoms. The van der Waals surface area contributed by atoms with E-state index in [-0.39, 0.29) is 5.91 Å². The summed E-state index contributed by atoms with van der Waals surface area (Å²) in [6.07, 6.45) is 4.83. The molecule has 1 saturated carbocycles. The molecule has 0 spiro atoms. The molecule has 1 aliphatic heterocycles. The van der Waals surface area contributed by atoms with Crippen LogP contribution >= 0.6 is 23.1 Å². The Balaban J connectivity index is 1.45. The van der Waals surface area contributed by atoms with Gasteiger partial charge >= 0.3 is 0 Å². The number of piperidine rings is 1. The van der Waals surface area contributed by atoms with Crippen LogP contribution < -0.4 is 5.32 Å². The molecule has 1 N–H and O–H groups in total. The van der Waals surface area contributed by atoms with Crippen LogP contribution in [0.5, 0.6) is 0 Å². The zero-order valence-corrected chi connectivity index (χ0v) is 13.3. The van der Waals surface area contributed by atoms with E-state index < -0.39 is 0 Å². The van der Waals surface area contributed by atoms with Gasteiger partial charge in [0.15, 0.2) is 4.34 Å². The van der Waals surface area contributed by atoms with Crippen molar-refractivity contribution in [3.63, 3.8) is 0 Å². The van der Waals surface area contributed by atoms with E-state index in [1.165, 1.54) is 31.0 Å². The Morgan fingerprint density at radius 2 is 2.30 bits per heavy atom. The molecule has 1 amide bonds. The summed E-state index contributed by atoms with van der Waals surface area (Å²) < 4.78 is 0.881. The lowest BCUT2D eigenvalue weighted by Gasteiger charge is -2.30. The molecule has 1 atom stereocenters. The molecule has 0 aromatic carbocycles. The Morgan fingerprint density at radius 1 is 1.45 bits per heavy atom. The van der Waals surface area contributed by atoms with Gasteiger partial charge in [-0.05, 0) is 31.6 Å². The number of likely N-dealkylation sites (tertiary alicyclic amines) is 1. The number of nitrogens with zero attached hydrogens (tertiary/aromatic N) is 3. The van der Waals surface area contributed by atoms with Gasteiger partial charge in [0, 0.05) is 19.1 Å². The zero-order valence-electron chi connectivity index (χ0n) is 11.7. The van der Waals surface area contributed by atoms with E-state index in [0.29, 0.717) is 17.7 Å². The minimum absolute atomic E-state index is 0.230. The summed E-state index contributed by atoms with van der Waals surface area (Å²) in [5.74, 6) is 1.34. The van der Waals surface area contributed by atoms with Gasteiger partial charge in [-0.3, -0.25) is 4.79 Å². The first-order valence-electron chi connectivity index (χ1n) is 7.21. The predicted molar refractivity (Wildman–Crippen MR) is 82.3 cm³/mol. The lowest BCUT2D eigenvalue weighted by atomic mass is 10.0. The summed E-state index contributed by atoms with van der Waals surface area (Å²) in [6.45, 7) is 4.03. The molecule has 0 radical (unpaired) electrons. The number of carbonyl (C=O) groups excluding carboxylic acids is 1. The van der Waals surface area contributed by atoms with Gasteiger partial charge in [0.25, 0.3) is 0 Å². The second-order valence-electron chi connectivity index (χ2n) is 5.67. The van der Waals surface area contributed by atoms with Crippen molar-refractivity contribution in [2.75, 3.05) is 24.2 Å². The Kier molecular flexibility index (Phi) is 4.45. The molecule has 2 fully saturated rings. The Labute approximate surface area is 127 Å². The normalized spacial score (nSPS) is 22.9. The number of thioether (sulfide) groups is 1. The number of hydrogen-bond acceptors (Lipinski definition) is 6. The maximum atomic E-state index is 12.2. The highest BCUT2D eigenvalue weighted by atomic mass is 32.2. The average Bonchev–Trinajstić information content (AvgIpc) is 3.13. The van der Waals surface area contributed by atoms with Crippen molar-refractivity contribution in [1.82, 2.24) is 15.1 Å². The molecule has 1 aromatic heterocycles. The van der Waals surface area contributed by atoms with Crippen molar-refractivity contribution in [1.29, 1.82) is 0 Å². The summed E-state index contributed by atoms with van der Waals surface area (Å²) in [7, 11) is 0. The van der Waals surface area contributed by atoms with Crippen molar-refractivity contribution >= 4 is 34.1 Å². The molecule has 5 nitrogen and oxygen atoms in total. The topological polar surface area (TPSA) is 58.1 Å². The average molecular weight is 312 g/mol. The first-order valence-corrected chi connectivity index (χ1v) is 9.01. The standard InChI is InChI=1S/C13H20N4OS2/c1-9-3-2-6-17(7-9)11(18)8-19-13-16-15-12(20-13)14-10-4-5-10/h9-10H,2-8H2,1H3,(H,14,15)/t9-/m0/s1. The molecule has 3 rings (SSSR count). The molecule has 7 heteroatoms. The molecule has 0 bridgehead atoms. The number of nitrogens with one attached hydrogen (secondary N) is 1. The number of amides is 1. The van der Waals surface area contributed by atoms with E-state index in [9.17, 15) is 4.79 Å². The second-order valence-corrected chi connectivity index (χ2v) is 7.87. The monoisotopic (exact) mass is 312 g/mol. The van der Waals surface area contributed by atoms with Crippen molar-refractivity contribution in [3.8, 4) is 0 Å². The molecule has 2 heterocycles. The summed E-state index contributed by atoms with van der Waals surface area (Å²) in [6, 6.07) is 0.595. The van der Waals surface area contributed by atoms with E-state index in [2.05, 4.69) is 22.4 Å². The smallest absolute Gasteiger partial charge is 0.233 e. The number of aromatic nitrogens is 2. The van der Waals surface area contributed by atoms with Crippen LogP contribution in [-0.2, 0) is 4.79 Å². The molecule has 110 valence electrons. The van der Waals surface area contributed by atoms with Gasteiger partial charge in [0.1, 0.15) is 0 Å². The lowest BCUT2D eigenvalue weighted by Crippen LogP contribution is -2.40. The van der Waals surface area contributed by atoms with Crippen molar-refractivity contribution in [2.45, 2.75) is 43.0 Å². The minimum Gasteiger partial charge on any atom is -0.357 e. The fourth-order valence-corrected chi connectivity index (χ4v) is 4.09. The largest absolute Gasteiger partial charge is 0.357 e. The number of rotatable bonds is 5. The quantitative estimate of drug-likeness (QED) is 0.846. The van der Waals surface area contributed by atoms with Crippen LogP contribution in [0.25, 0.3) is 0 Å². The lowest BCUT2D eigenvalue weighted by molar-refractivity contribution is -0.130. The molecular formula is C13H20N4OS2. The third-order valence-corrected chi connectivity index (χ3v) is 5.61. The first kappa shape index (κ1) is 14.1. The number of anilines is 1. The summed E-state index contributed by atoms with van der Waals surface area (Å²) >= 11 is 3.05. The van der Waals surface area contributed by atoms with Crippen LogP contribution in [0.3, 0.4) is 0 Å². The van der Waals surface area contributed by atoms with Gasteiger partial charge in [0.2, 0.25) is 11.0 Å². The Bertz CT molecular complexity index is 475. The van der Waals surface area contributed by atoms with Crippen LogP contribution in [0.2, 0.25) is 0 Å². The van der Waals surface area contributed by atoms with Crippen LogP contribution in [-0.4, -0.2) is 45.9 Å². The summed E-state index contributed by atoms with van der Waals surface area (Å²) in [4.78, 5) is 14.1. The highest BCUT2D eigenvalue weighted by Crippen LogP contribution is 2.30. The Morgan fingerprint density at radius 3 is 3.05 bits per heavy atom. The molecule has 1 aromatic rings. The van der Waals surface area contributed by atoms with Crippen molar-refractivity contribution in [2.24, 2.45) is 5.92 Å². The molecular weight excluding hydrogens is 292 g/mol. The van der Waals surface area contributed by atoms with E-state index in [4.69, 9.17) is 0 Å². The van der Waals surface area contributed by atoms with E-state index >= 15 is 0 Å². The number of carbonyl (C=O) groups is 1. The highest BCUT2D eigenvalue weighted by molar-refractivity contribution is 8.01. The van der Waals surface area contributed by atoms with Gasteiger partial charge < -0.3 is 10.2 Å². The van der Waals surface area contributed by atoms with Crippen molar-refractivity contribution < 1.29 is 4.79 Å². The van der Waals surface area contributed by atoms with Crippen LogP contribution in [0.15, 0.2) is 4.34 Å². The molecule has 1 saturated heterocycles. The highest BCUT2D eigenvalue weighted by Gasteiger charge is 2.23. The van der Waals surface area contributed by atoms with E-state index in [1.807, 2.05) is 4.90 Å². The summed E-state index contributed by atoms with van der Waals surface area (Å²) in [5, 5.41) is 12.5. The van der Waals surface area contributed by atoms with Gasteiger partial charge in [-0.15, -0.1) is 10.2 Å². The van der Waals surface area contributed by atoms with Crippen molar-refractivity contribution in [3.05, 3.63) is 0 Å². The molecule has 2 aliphatic rings. The third kappa shape index (κ3) is 3.85. The second kappa shape index (κ2) is 6.30. The maximum Gasteiger partial charge on any atom is 0.233 e. The first-order chi connectivity index (χ1) is 9.70. The van der Waals surface area contributed by atoms with Gasteiger partial charge in [-0.25, -0.2) is 0 Å². The fraction of sp³-hybridized carbons (Fsp3) is 0.769. The van der Waals surface area contributed by atoms with E-state index in [1.54, 1.807) is 11.3 Å². The minimum atomic E-state index is 0.230. The van der Waals surface area contributed by atoms with Crippen LogP contribution in [0.4, 0.5) is 5.13 Å². The predicted octanol–water partition coefficient (Wildman–Crippen LogP) is 2.46. The third-order valence-electron chi connectivity index (χ3n) is 3.64. The SMILES string of the molecule is C[C@H]1CCCN(C(=O)CSc2nnc(NC3CC3)s2)C1. The van der Waals surface area contributed by atoms with Gasteiger partial charge in [0.05, 0.1) is 5.75 Å². The zero-order chi connectivity index (χ0) is 13.9. The van der Waals surface area contributed by atoms with Crippen LogP contribution in [0.1, 0.15) is 32.6 Å². The molecule has 1 aliphatic carbocycles. The fourth-order valence-electron chi connectivity index (χ4n) is 2.36. The maximum absolute atomic E-state index is 12.2. The van der Waals surface area contributed by atoms with Crippen LogP contribution in [0, 0.1) is 5.92 Å². The van der Waals surface area contributed by atoms with E-state index in [0.717, 1.165) is 29.0 Å². The van der Waals surface area contributed by atoms with Gasteiger partial charge in [-0.1, -0.05) is 30.0 Å². The Hall–Kier alpha value is -0.820. The number of hydrogen-bond donors (Lipinski definition) is 1.